The van der Waals surface area contributed by atoms with Gasteiger partial charge in [0.1, 0.15) is 0 Å². The number of halogens is 9. The number of carboxylic acid groups (broad SMARTS) is 1. The Hall–Kier alpha value is -4.49. The second-order valence-corrected chi connectivity index (χ2v) is 8.52. The van der Waals surface area contributed by atoms with Gasteiger partial charge in [-0.05, 0) is 54.6 Å². The predicted molar refractivity (Wildman–Crippen MR) is 125 cm³/mol. The van der Waals surface area contributed by atoms with E-state index in [0.29, 0.717) is 17.8 Å². The van der Waals surface area contributed by atoms with Crippen molar-refractivity contribution in [1.82, 2.24) is 9.78 Å². The Kier molecular flexibility index (Phi) is 7.30. The summed E-state index contributed by atoms with van der Waals surface area (Å²) in [4.78, 5) is 11.1. The average molecular weight is 573 g/mol. The van der Waals surface area contributed by atoms with E-state index < -0.39 is 46.9 Å². The van der Waals surface area contributed by atoms with Gasteiger partial charge in [-0.15, -0.1) is 0 Å². The first-order chi connectivity index (χ1) is 18.5. The standard InChI is InChI=1S/C26H16F9N3O2/c27-24(28,29)17-5-1-14(2-6-17)22-16(13-38(37-22)21-7-3-15(4-8-21)23(39)40)12-36-20-10-18(25(30,31)32)9-19(11-20)26(33,34)35/h1-11,13,36H,12H2,(H,39,40). The van der Waals surface area contributed by atoms with E-state index in [4.69, 9.17) is 5.11 Å². The number of hydrogen-bond donors (Lipinski definition) is 2. The van der Waals surface area contributed by atoms with Gasteiger partial charge in [-0.25, -0.2) is 9.48 Å². The number of aromatic nitrogens is 2. The minimum Gasteiger partial charge on any atom is -0.478 e. The summed E-state index contributed by atoms with van der Waals surface area (Å²) in [7, 11) is 0. The predicted octanol–water partition coefficient (Wildman–Crippen LogP) is 7.91. The molecule has 14 heteroatoms. The van der Waals surface area contributed by atoms with Crippen molar-refractivity contribution in [3.63, 3.8) is 0 Å². The van der Waals surface area contributed by atoms with E-state index >= 15 is 0 Å². The largest absolute Gasteiger partial charge is 0.478 e. The lowest BCUT2D eigenvalue weighted by atomic mass is 10.1. The van der Waals surface area contributed by atoms with Crippen LogP contribution < -0.4 is 5.32 Å². The van der Waals surface area contributed by atoms with Crippen LogP contribution in [0.2, 0.25) is 0 Å². The van der Waals surface area contributed by atoms with Crippen molar-refractivity contribution in [3.8, 4) is 16.9 Å². The van der Waals surface area contributed by atoms with Crippen LogP contribution in [0.3, 0.4) is 0 Å². The number of hydrogen-bond acceptors (Lipinski definition) is 3. The highest BCUT2D eigenvalue weighted by atomic mass is 19.4. The number of rotatable bonds is 6. The number of carboxylic acids is 1. The SMILES string of the molecule is O=C(O)c1ccc(-n2cc(CNc3cc(C(F)(F)F)cc(C(F)(F)F)c3)c(-c3ccc(C(F)(F)F)cc3)n2)cc1. The number of anilines is 1. The lowest BCUT2D eigenvalue weighted by molar-refractivity contribution is -0.143. The topological polar surface area (TPSA) is 67.2 Å². The molecule has 0 fully saturated rings. The lowest BCUT2D eigenvalue weighted by Crippen LogP contribution is -2.12. The Morgan fingerprint density at radius 3 is 1.75 bits per heavy atom. The van der Waals surface area contributed by atoms with Gasteiger partial charge in [0.25, 0.3) is 0 Å². The summed E-state index contributed by atoms with van der Waals surface area (Å²) < 4.78 is 120. The zero-order chi connectivity index (χ0) is 29.5. The summed E-state index contributed by atoms with van der Waals surface area (Å²) in [6, 6.07) is 10.2. The molecule has 0 amide bonds. The molecule has 0 radical (unpaired) electrons. The maximum Gasteiger partial charge on any atom is 0.416 e. The molecule has 210 valence electrons. The van der Waals surface area contributed by atoms with Crippen molar-refractivity contribution >= 4 is 11.7 Å². The van der Waals surface area contributed by atoms with Gasteiger partial charge in [-0.1, -0.05) is 12.1 Å². The van der Waals surface area contributed by atoms with Crippen molar-refractivity contribution in [2.45, 2.75) is 25.1 Å². The highest BCUT2D eigenvalue weighted by Crippen LogP contribution is 2.38. The van der Waals surface area contributed by atoms with E-state index in [2.05, 4.69) is 10.4 Å². The highest BCUT2D eigenvalue weighted by Gasteiger charge is 2.37. The number of nitrogens with one attached hydrogen (secondary N) is 1. The zero-order valence-electron chi connectivity index (χ0n) is 19.8. The molecular formula is C26H16F9N3O2. The molecule has 1 aromatic heterocycles. The summed E-state index contributed by atoms with van der Waals surface area (Å²) in [5.74, 6) is -1.19. The van der Waals surface area contributed by atoms with E-state index in [0.717, 1.165) is 24.3 Å². The first-order valence-corrected chi connectivity index (χ1v) is 11.2. The first-order valence-electron chi connectivity index (χ1n) is 11.2. The Labute approximate surface area is 219 Å². The van der Waals surface area contributed by atoms with Gasteiger partial charge in [-0.2, -0.15) is 44.6 Å². The molecule has 5 nitrogen and oxygen atoms in total. The molecule has 0 bridgehead atoms. The van der Waals surface area contributed by atoms with Crippen molar-refractivity contribution in [1.29, 1.82) is 0 Å². The molecule has 3 aromatic carbocycles. The van der Waals surface area contributed by atoms with Crippen LogP contribution in [-0.2, 0) is 25.1 Å². The fourth-order valence-electron chi connectivity index (χ4n) is 3.74. The van der Waals surface area contributed by atoms with E-state index in [1.807, 2.05) is 0 Å². The molecular weight excluding hydrogens is 557 g/mol. The molecule has 4 rings (SSSR count). The van der Waals surface area contributed by atoms with Gasteiger partial charge in [0, 0.05) is 29.6 Å². The van der Waals surface area contributed by atoms with Crippen molar-refractivity contribution in [2.24, 2.45) is 0 Å². The van der Waals surface area contributed by atoms with Crippen molar-refractivity contribution in [3.05, 3.63) is 101 Å². The smallest absolute Gasteiger partial charge is 0.416 e. The monoisotopic (exact) mass is 573 g/mol. The summed E-state index contributed by atoms with van der Waals surface area (Å²) >= 11 is 0. The number of aromatic carboxylic acids is 1. The van der Waals surface area contributed by atoms with E-state index in [1.165, 1.54) is 35.1 Å². The summed E-state index contributed by atoms with van der Waals surface area (Å²) in [6.45, 7) is -0.359. The summed E-state index contributed by atoms with van der Waals surface area (Å²) in [5, 5.41) is 15.9. The van der Waals surface area contributed by atoms with Crippen LogP contribution in [0.1, 0.15) is 32.6 Å². The molecule has 0 aliphatic rings. The van der Waals surface area contributed by atoms with Crippen molar-refractivity contribution < 1.29 is 49.4 Å². The maximum absolute atomic E-state index is 13.2. The van der Waals surface area contributed by atoms with E-state index in [9.17, 15) is 44.3 Å². The molecule has 0 saturated carbocycles. The Morgan fingerprint density at radius 2 is 1.27 bits per heavy atom. The van der Waals surface area contributed by atoms with E-state index in [-0.39, 0.29) is 35.0 Å². The second kappa shape index (κ2) is 10.2. The summed E-state index contributed by atoms with van der Waals surface area (Å²) in [5.41, 5.74) is -3.70. The number of benzene rings is 3. The minimum atomic E-state index is -5.06. The first kappa shape index (κ1) is 28.5. The van der Waals surface area contributed by atoms with Crippen molar-refractivity contribution in [2.75, 3.05) is 5.32 Å². The Bertz CT molecular complexity index is 1490. The summed E-state index contributed by atoms with van der Waals surface area (Å²) in [6.07, 6.45) is -13.4. The molecule has 1 heterocycles. The van der Waals surface area contributed by atoms with E-state index in [1.54, 1.807) is 0 Å². The van der Waals surface area contributed by atoms with Gasteiger partial charge in [0.05, 0.1) is 33.6 Å². The molecule has 40 heavy (non-hydrogen) atoms. The Morgan fingerprint density at radius 1 is 0.750 bits per heavy atom. The molecule has 0 unspecified atom stereocenters. The third kappa shape index (κ3) is 6.38. The van der Waals surface area contributed by atoms with Gasteiger partial charge < -0.3 is 10.4 Å². The fraction of sp³-hybridized carbons (Fsp3) is 0.154. The van der Waals surface area contributed by atoms with Crippen LogP contribution in [0.15, 0.2) is 72.9 Å². The molecule has 0 saturated heterocycles. The van der Waals surface area contributed by atoms with Gasteiger partial charge in [0.15, 0.2) is 0 Å². The fourth-order valence-corrected chi connectivity index (χ4v) is 3.74. The molecule has 0 aliphatic carbocycles. The van der Waals surface area contributed by atoms with Crippen LogP contribution in [0, 0.1) is 0 Å². The minimum absolute atomic E-state index is 0.0162. The number of carbonyl (C=O) groups is 1. The average Bonchev–Trinajstić information content (AvgIpc) is 3.30. The number of nitrogens with zero attached hydrogens (tertiary/aromatic N) is 2. The Balaban J connectivity index is 1.74. The zero-order valence-corrected chi connectivity index (χ0v) is 19.8. The molecule has 4 aromatic rings. The molecule has 0 spiro atoms. The highest BCUT2D eigenvalue weighted by molar-refractivity contribution is 5.87. The quantitative estimate of drug-likeness (QED) is 0.230. The number of alkyl halides is 9. The molecule has 0 aliphatic heterocycles. The lowest BCUT2D eigenvalue weighted by Gasteiger charge is -2.15. The second-order valence-electron chi connectivity index (χ2n) is 8.52. The van der Waals surface area contributed by atoms with Crippen LogP contribution in [0.4, 0.5) is 45.2 Å². The third-order valence-corrected chi connectivity index (χ3v) is 5.73. The van der Waals surface area contributed by atoms with Gasteiger partial charge >= 0.3 is 24.5 Å². The molecule has 0 atom stereocenters. The van der Waals surface area contributed by atoms with Crippen LogP contribution >= 0.6 is 0 Å². The maximum atomic E-state index is 13.2. The third-order valence-electron chi connectivity index (χ3n) is 5.73. The van der Waals surface area contributed by atoms with Gasteiger partial charge in [0.2, 0.25) is 0 Å². The van der Waals surface area contributed by atoms with Gasteiger partial charge in [-0.3, -0.25) is 0 Å². The molecule has 2 N–H and O–H groups in total. The van der Waals surface area contributed by atoms with Crippen LogP contribution in [-0.4, -0.2) is 20.9 Å². The van der Waals surface area contributed by atoms with Crippen LogP contribution in [0.5, 0.6) is 0 Å². The van der Waals surface area contributed by atoms with Crippen LogP contribution in [0.25, 0.3) is 16.9 Å². The normalized spacial score (nSPS) is 12.4.